The highest BCUT2D eigenvalue weighted by Crippen LogP contribution is 2.31. The molecule has 1 aromatic carbocycles. The predicted octanol–water partition coefficient (Wildman–Crippen LogP) is 3.24. The van der Waals surface area contributed by atoms with Crippen molar-refractivity contribution < 1.29 is 0 Å². The van der Waals surface area contributed by atoms with Crippen LogP contribution in [-0.4, -0.2) is 26.7 Å². The Labute approximate surface area is 121 Å². The summed E-state index contributed by atoms with van der Waals surface area (Å²) in [7, 11) is 0. The predicted molar refractivity (Wildman–Crippen MR) is 81.1 cm³/mol. The van der Waals surface area contributed by atoms with Gasteiger partial charge in [0, 0.05) is 11.4 Å². The molecule has 0 radical (unpaired) electrons. The number of aromatic amines is 1. The van der Waals surface area contributed by atoms with E-state index in [4.69, 9.17) is 0 Å². The fourth-order valence-corrected chi connectivity index (χ4v) is 2.73. The van der Waals surface area contributed by atoms with E-state index in [1.807, 2.05) is 6.92 Å². The summed E-state index contributed by atoms with van der Waals surface area (Å²) in [6.07, 6.45) is 1.77. The second-order valence-corrected chi connectivity index (χ2v) is 5.49. The average Bonchev–Trinajstić information content (AvgIpc) is 2.90. The molecule has 0 amide bonds. The van der Waals surface area contributed by atoms with Crippen LogP contribution < -0.4 is 5.32 Å². The van der Waals surface area contributed by atoms with Gasteiger partial charge in [-0.1, -0.05) is 29.5 Å². The highest BCUT2D eigenvalue weighted by Gasteiger charge is 2.10. The summed E-state index contributed by atoms with van der Waals surface area (Å²) >= 11 is 1.62. The lowest BCUT2D eigenvalue weighted by Gasteiger charge is -2.06. The molecule has 0 atom stereocenters. The van der Waals surface area contributed by atoms with E-state index in [-0.39, 0.29) is 0 Å². The smallest absolute Gasteiger partial charge is 0.225 e. The van der Waals surface area contributed by atoms with Gasteiger partial charge in [-0.2, -0.15) is 10.1 Å². The van der Waals surface area contributed by atoms with Crippen LogP contribution in [0.1, 0.15) is 12.5 Å². The normalized spacial score (nSPS) is 10.9. The van der Waals surface area contributed by atoms with Gasteiger partial charge >= 0.3 is 0 Å². The molecule has 0 saturated carbocycles. The summed E-state index contributed by atoms with van der Waals surface area (Å²) in [6.45, 7) is 4.89. The van der Waals surface area contributed by atoms with Crippen LogP contribution in [0.3, 0.4) is 0 Å². The first-order chi connectivity index (χ1) is 9.76. The molecule has 3 aromatic rings. The first-order valence-corrected chi connectivity index (χ1v) is 7.27. The molecular formula is C14H15N5S. The van der Waals surface area contributed by atoms with Crippen LogP contribution in [0.2, 0.25) is 0 Å². The van der Waals surface area contributed by atoms with Crippen LogP contribution in [0.15, 0.2) is 40.4 Å². The van der Waals surface area contributed by atoms with Gasteiger partial charge in [-0.25, -0.2) is 4.98 Å². The Hall–Kier alpha value is -2.08. The summed E-state index contributed by atoms with van der Waals surface area (Å²) in [5, 5.41) is 11.9. The number of H-pyrrole nitrogens is 1. The average molecular weight is 285 g/mol. The lowest BCUT2D eigenvalue weighted by molar-refractivity contribution is 1.04. The Morgan fingerprint density at radius 2 is 2.00 bits per heavy atom. The number of hydrogen-bond donors (Lipinski definition) is 2. The van der Waals surface area contributed by atoms with Gasteiger partial charge < -0.3 is 5.32 Å². The maximum Gasteiger partial charge on any atom is 0.225 e. The zero-order valence-electron chi connectivity index (χ0n) is 11.3. The van der Waals surface area contributed by atoms with Crippen molar-refractivity contribution in [3.05, 3.63) is 36.0 Å². The molecule has 5 nitrogen and oxygen atoms in total. The Morgan fingerprint density at radius 1 is 1.20 bits per heavy atom. The fourth-order valence-electron chi connectivity index (χ4n) is 1.84. The van der Waals surface area contributed by atoms with E-state index in [2.05, 4.69) is 56.7 Å². The molecule has 2 N–H and O–H groups in total. The second-order valence-electron chi connectivity index (χ2n) is 4.43. The highest BCUT2D eigenvalue weighted by atomic mass is 32.2. The summed E-state index contributed by atoms with van der Waals surface area (Å²) < 4.78 is 0. The topological polar surface area (TPSA) is 66.5 Å². The maximum absolute atomic E-state index is 4.56. The Kier molecular flexibility index (Phi) is 3.56. The van der Waals surface area contributed by atoms with Crippen molar-refractivity contribution in [3.63, 3.8) is 0 Å². The zero-order valence-corrected chi connectivity index (χ0v) is 12.2. The standard InChI is InChI=1S/C14H15N5S/c1-3-15-14-17-12-11(8-16-19-12)13(18-14)20-10-6-4-9(2)5-7-10/h4-8H,3H2,1-2H3,(H2,15,16,17,18,19). The van der Waals surface area contributed by atoms with Crippen molar-refractivity contribution in [1.82, 2.24) is 20.2 Å². The molecule has 2 heterocycles. The molecule has 0 fully saturated rings. The monoisotopic (exact) mass is 285 g/mol. The lowest BCUT2D eigenvalue weighted by atomic mass is 10.2. The third-order valence-corrected chi connectivity index (χ3v) is 3.86. The summed E-state index contributed by atoms with van der Waals surface area (Å²) in [6, 6.07) is 8.39. The minimum atomic E-state index is 0.624. The van der Waals surface area contributed by atoms with Crippen LogP contribution in [-0.2, 0) is 0 Å². The first-order valence-electron chi connectivity index (χ1n) is 6.46. The largest absolute Gasteiger partial charge is 0.354 e. The molecule has 0 aliphatic rings. The highest BCUT2D eigenvalue weighted by molar-refractivity contribution is 7.99. The van der Waals surface area contributed by atoms with Crippen molar-refractivity contribution in [2.75, 3.05) is 11.9 Å². The maximum atomic E-state index is 4.56. The van der Waals surface area contributed by atoms with Crippen molar-refractivity contribution in [3.8, 4) is 0 Å². The summed E-state index contributed by atoms with van der Waals surface area (Å²) in [5.74, 6) is 0.624. The molecular weight excluding hydrogens is 270 g/mol. The van der Waals surface area contributed by atoms with Crippen LogP contribution >= 0.6 is 11.8 Å². The number of nitrogens with zero attached hydrogens (tertiary/aromatic N) is 3. The van der Waals surface area contributed by atoms with E-state index >= 15 is 0 Å². The van der Waals surface area contributed by atoms with Crippen LogP contribution in [0, 0.1) is 6.92 Å². The van der Waals surface area contributed by atoms with Crippen molar-refractivity contribution in [2.24, 2.45) is 0 Å². The van der Waals surface area contributed by atoms with E-state index in [0.717, 1.165) is 27.5 Å². The van der Waals surface area contributed by atoms with Gasteiger partial charge in [0.1, 0.15) is 5.03 Å². The SMILES string of the molecule is CCNc1nc(Sc2ccc(C)cc2)c2cn[nH]c2n1. The van der Waals surface area contributed by atoms with E-state index < -0.39 is 0 Å². The summed E-state index contributed by atoms with van der Waals surface area (Å²) in [4.78, 5) is 10.1. The molecule has 20 heavy (non-hydrogen) atoms. The van der Waals surface area contributed by atoms with Crippen LogP contribution in [0.5, 0.6) is 0 Å². The Balaban J connectivity index is 2.00. The number of nitrogens with one attached hydrogen (secondary N) is 2. The quantitative estimate of drug-likeness (QED) is 0.720. The number of benzene rings is 1. The van der Waals surface area contributed by atoms with Crippen LogP contribution in [0.25, 0.3) is 11.0 Å². The number of hydrogen-bond acceptors (Lipinski definition) is 5. The Morgan fingerprint density at radius 3 is 2.75 bits per heavy atom. The minimum Gasteiger partial charge on any atom is -0.354 e. The van der Waals surface area contributed by atoms with Crippen molar-refractivity contribution in [1.29, 1.82) is 0 Å². The molecule has 0 aliphatic carbocycles. The molecule has 3 rings (SSSR count). The number of aryl methyl sites for hydroxylation is 1. The number of aromatic nitrogens is 4. The van der Waals surface area contributed by atoms with Gasteiger partial charge in [-0.3, -0.25) is 5.10 Å². The Bertz CT molecular complexity index is 720. The van der Waals surface area contributed by atoms with Gasteiger partial charge in [-0.05, 0) is 26.0 Å². The van der Waals surface area contributed by atoms with Gasteiger partial charge in [0.2, 0.25) is 5.95 Å². The third kappa shape index (κ3) is 2.60. The lowest BCUT2D eigenvalue weighted by Crippen LogP contribution is -2.02. The van der Waals surface area contributed by atoms with Gasteiger partial charge in [0.25, 0.3) is 0 Å². The van der Waals surface area contributed by atoms with Gasteiger partial charge in [0.05, 0.1) is 11.6 Å². The molecule has 0 spiro atoms. The first kappa shape index (κ1) is 12.9. The number of anilines is 1. The van der Waals surface area contributed by atoms with E-state index in [0.29, 0.717) is 5.95 Å². The number of fused-ring (bicyclic) bond motifs is 1. The van der Waals surface area contributed by atoms with E-state index in [1.165, 1.54) is 5.56 Å². The second kappa shape index (κ2) is 5.50. The minimum absolute atomic E-state index is 0.624. The molecule has 0 bridgehead atoms. The fraction of sp³-hybridized carbons (Fsp3) is 0.214. The third-order valence-electron chi connectivity index (χ3n) is 2.85. The van der Waals surface area contributed by atoms with Crippen molar-refractivity contribution >= 4 is 28.7 Å². The number of rotatable bonds is 4. The van der Waals surface area contributed by atoms with Crippen LogP contribution in [0.4, 0.5) is 5.95 Å². The molecule has 0 saturated heterocycles. The molecule has 0 unspecified atom stereocenters. The molecule has 0 aliphatic heterocycles. The molecule has 6 heteroatoms. The molecule has 2 aromatic heterocycles. The van der Waals surface area contributed by atoms with Gasteiger partial charge in [-0.15, -0.1) is 0 Å². The zero-order chi connectivity index (χ0) is 13.9. The van der Waals surface area contributed by atoms with E-state index in [9.17, 15) is 0 Å². The van der Waals surface area contributed by atoms with E-state index in [1.54, 1.807) is 18.0 Å². The van der Waals surface area contributed by atoms with Crippen molar-refractivity contribution in [2.45, 2.75) is 23.8 Å². The van der Waals surface area contributed by atoms with Gasteiger partial charge in [0.15, 0.2) is 5.65 Å². The molecule has 102 valence electrons. The summed E-state index contributed by atoms with van der Waals surface area (Å²) in [5.41, 5.74) is 2.00.